The molecule has 1 atom stereocenters. The van der Waals surface area contributed by atoms with E-state index >= 15 is 0 Å². The number of fused-ring (bicyclic) bond motifs is 1. The fourth-order valence-electron chi connectivity index (χ4n) is 4.47. The highest BCUT2D eigenvalue weighted by atomic mass is 35.5. The number of urea groups is 1. The normalized spacial score (nSPS) is 19.5. The van der Waals surface area contributed by atoms with Gasteiger partial charge in [-0.1, -0.05) is 35.9 Å². The van der Waals surface area contributed by atoms with Gasteiger partial charge in [-0.3, -0.25) is 14.5 Å². The number of benzene rings is 2. The molecule has 5 rings (SSSR count). The summed E-state index contributed by atoms with van der Waals surface area (Å²) in [5.41, 5.74) is 2.15. The second-order valence-corrected chi connectivity index (χ2v) is 8.84. The molecule has 168 valence electrons. The van der Waals surface area contributed by atoms with Gasteiger partial charge in [0.15, 0.2) is 0 Å². The third-order valence-electron chi connectivity index (χ3n) is 6.23. The van der Waals surface area contributed by atoms with Gasteiger partial charge in [0.2, 0.25) is 5.91 Å². The maximum absolute atomic E-state index is 13.1. The predicted octanol–water partition coefficient (Wildman–Crippen LogP) is 3.70. The molecule has 1 aromatic heterocycles. The first-order chi connectivity index (χ1) is 15.9. The third kappa shape index (κ3) is 4.12. The molecule has 2 N–H and O–H groups in total. The van der Waals surface area contributed by atoms with E-state index in [1.54, 1.807) is 18.2 Å². The average Bonchev–Trinajstić information content (AvgIpc) is 3.37. The van der Waals surface area contributed by atoms with Crippen LogP contribution in [0.15, 0.2) is 65.1 Å². The zero-order valence-electron chi connectivity index (χ0n) is 17.8. The fraction of sp³-hybridized carbons (Fsp3) is 0.240. The molecule has 1 aliphatic heterocycles. The summed E-state index contributed by atoms with van der Waals surface area (Å²) in [6.45, 7) is -0.187. The SMILES string of the molecule is O=C(CN1C(=O)NC2(CCc3ccccc3C2)C1=O)NCc1ccc(-c2ccc(Cl)cc2)o1. The second-order valence-electron chi connectivity index (χ2n) is 8.40. The van der Waals surface area contributed by atoms with Crippen LogP contribution in [0.4, 0.5) is 4.79 Å². The third-order valence-corrected chi connectivity index (χ3v) is 6.48. The van der Waals surface area contributed by atoms with Gasteiger partial charge in [0.25, 0.3) is 5.91 Å². The lowest BCUT2D eigenvalue weighted by Gasteiger charge is -2.32. The van der Waals surface area contributed by atoms with E-state index in [-0.39, 0.29) is 19.0 Å². The molecule has 1 spiro atoms. The van der Waals surface area contributed by atoms with Crippen LogP contribution < -0.4 is 10.6 Å². The highest BCUT2D eigenvalue weighted by Crippen LogP contribution is 2.33. The van der Waals surface area contributed by atoms with E-state index in [0.29, 0.717) is 35.8 Å². The number of rotatable bonds is 5. The van der Waals surface area contributed by atoms with Gasteiger partial charge in [-0.2, -0.15) is 0 Å². The van der Waals surface area contributed by atoms with Gasteiger partial charge in [0, 0.05) is 17.0 Å². The topological polar surface area (TPSA) is 91.7 Å². The molecular weight excluding hydrogens is 442 g/mol. The van der Waals surface area contributed by atoms with Crippen LogP contribution in [-0.4, -0.2) is 34.8 Å². The van der Waals surface area contributed by atoms with E-state index in [2.05, 4.69) is 10.6 Å². The summed E-state index contributed by atoms with van der Waals surface area (Å²) >= 11 is 5.91. The van der Waals surface area contributed by atoms with E-state index < -0.39 is 17.5 Å². The summed E-state index contributed by atoms with van der Waals surface area (Å²) in [5.74, 6) is 0.437. The van der Waals surface area contributed by atoms with Crippen molar-refractivity contribution in [3.63, 3.8) is 0 Å². The van der Waals surface area contributed by atoms with Crippen molar-refractivity contribution in [2.24, 2.45) is 0 Å². The highest BCUT2D eigenvalue weighted by molar-refractivity contribution is 6.30. The molecule has 0 bridgehead atoms. The van der Waals surface area contributed by atoms with Gasteiger partial charge in [-0.25, -0.2) is 4.79 Å². The van der Waals surface area contributed by atoms with Crippen molar-refractivity contribution < 1.29 is 18.8 Å². The molecule has 8 heteroatoms. The minimum atomic E-state index is -0.972. The van der Waals surface area contributed by atoms with E-state index in [0.717, 1.165) is 16.0 Å². The average molecular weight is 464 g/mol. The molecule has 33 heavy (non-hydrogen) atoms. The molecule has 3 aromatic rings. The lowest BCUT2D eigenvalue weighted by molar-refractivity contribution is -0.135. The molecule has 1 fully saturated rings. The minimum absolute atomic E-state index is 0.147. The van der Waals surface area contributed by atoms with E-state index in [9.17, 15) is 14.4 Å². The molecule has 0 radical (unpaired) electrons. The van der Waals surface area contributed by atoms with Crippen LogP contribution in [0, 0.1) is 0 Å². The quantitative estimate of drug-likeness (QED) is 0.564. The molecule has 2 aromatic carbocycles. The number of hydrogen-bond acceptors (Lipinski definition) is 4. The van der Waals surface area contributed by atoms with E-state index in [1.807, 2.05) is 42.5 Å². The Bertz CT molecular complexity index is 1240. The van der Waals surface area contributed by atoms with E-state index in [4.69, 9.17) is 16.0 Å². The predicted molar refractivity (Wildman–Crippen MR) is 122 cm³/mol. The first kappa shape index (κ1) is 21.3. The summed E-state index contributed by atoms with van der Waals surface area (Å²) in [5, 5.41) is 6.20. The Kier molecular flexibility index (Phi) is 5.42. The molecule has 1 unspecified atom stereocenters. The van der Waals surface area contributed by atoms with Gasteiger partial charge in [-0.15, -0.1) is 0 Å². The zero-order chi connectivity index (χ0) is 23.0. The summed E-state index contributed by atoms with van der Waals surface area (Å²) < 4.78 is 5.78. The number of nitrogens with one attached hydrogen (secondary N) is 2. The number of furan rings is 1. The minimum Gasteiger partial charge on any atom is -0.459 e. The van der Waals surface area contributed by atoms with Crippen molar-refractivity contribution in [1.29, 1.82) is 0 Å². The Balaban J connectivity index is 1.20. The van der Waals surface area contributed by atoms with Crippen molar-refractivity contribution in [2.75, 3.05) is 6.54 Å². The summed E-state index contributed by atoms with van der Waals surface area (Å²) in [7, 11) is 0. The number of carbonyl (C=O) groups is 3. The van der Waals surface area contributed by atoms with Crippen LogP contribution in [-0.2, 0) is 29.0 Å². The Morgan fingerprint density at radius 1 is 1.06 bits per heavy atom. The molecule has 1 aliphatic carbocycles. The maximum Gasteiger partial charge on any atom is 0.325 e. The van der Waals surface area contributed by atoms with Gasteiger partial charge < -0.3 is 15.1 Å². The fourth-order valence-corrected chi connectivity index (χ4v) is 4.60. The van der Waals surface area contributed by atoms with Crippen molar-refractivity contribution in [3.05, 3.63) is 82.6 Å². The van der Waals surface area contributed by atoms with Gasteiger partial charge in [0.1, 0.15) is 23.6 Å². The molecule has 2 heterocycles. The highest BCUT2D eigenvalue weighted by Gasteiger charge is 2.52. The van der Waals surface area contributed by atoms with Crippen LogP contribution >= 0.6 is 11.6 Å². The van der Waals surface area contributed by atoms with Crippen molar-refractivity contribution >= 4 is 29.4 Å². The van der Waals surface area contributed by atoms with Crippen LogP contribution in [0.25, 0.3) is 11.3 Å². The Morgan fingerprint density at radius 3 is 2.61 bits per heavy atom. The van der Waals surface area contributed by atoms with Crippen LogP contribution in [0.1, 0.15) is 23.3 Å². The lowest BCUT2D eigenvalue weighted by atomic mass is 9.78. The summed E-state index contributed by atoms with van der Waals surface area (Å²) in [6, 6.07) is 18.2. The van der Waals surface area contributed by atoms with Gasteiger partial charge in [0.05, 0.1) is 6.54 Å². The first-order valence-corrected chi connectivity index (χ1v) is 11.1. The Labute approximate surface area is 195 Å². The maximum atomic E-state index is 13.1. The molecule has 0 saturated carbocycles. The van der Waals surface area contributed by atoms with Crippen LogP contribution in [0.2, 0.25) is 5.02 Å². The second kappa shape index (κ2) is 8.41. The molecule has 1 saturated heterocycles. The Morgan fingerprint density at radius 2 is 1.82 bits per heavy atom. The number of hydrogen-bond donors (Lipinski definition) is 2. The number of imide groups is 1. The molecule has 2 aliphatic rings. The van der Waals surface area contributed by atoms with Crippen molar-refractivity contribution in [2.45, 2.75) is 31.3 Å². The zero-order valence-corrected chi connectivity index (χ0v) is 18.5. The van der Waals surface area contributed by atoms with Gasteiger partial charge in [-0.05, 0) is 60.4 Å². The molecular formula is C25H22ClN3O4. The number of carbonyl (C=O) groups excluding carboxylic acids is 3. The van der Waals surface area contributed by atoms with E-state index in [1.165, 1.54) is 5.56 Å². The summed E-state index contributed by atoms with van der Waals surface area (Å²) in [4.78, 5) is 39.2. The number of halogens is 1. The van der Waals surface area contributed by atoms with Crippen molar-refractivity contribution in [3.8, 4) is 11.3 Å². The number of aryl methyl sites for hydroxylation is 1. The van der Waals surface area contributed by atoms with Gasteiger partial charge >= 0.3 is 6.03 Å². The smallest absolute Gasteiger partial charge is 0.325 e. The standard InChI is InChI=1S/C25H22ClN3O4/c26-19-7-5-17(6-8-19)21-10-9-20(33-21)14-27-22(30)15-29-23(31)25(28-24(29)32)12-11-16-3-1-2-4-18(16)13-25/h1-10H,11-15H2,(H,27,30)(H,28,32). The van der Waals surface area contributed by atoms with Crippen molar-refractivity contribution in [1.82, 2.24) is 15.5 Å². The molecule has 4 amide bonds. The summed E-state index contributed by atoms with van der Waals surface area (Å²) in [6.07, 6.45) is 1.66. The first-order valence-electron chi connectivity index (χ1n) is 10.8. The number of nitrogens with zero attached hydrogens (tertiary/aromatic N) is 1. The van der Waals surface area contributed by atoms with Crippen LogP contribution in [0.5, 0.6) is 0 Å². The van der Waals surface area contributed by atoms with Crippen LogP contribution in [0.3, 0.4) is 0 Å². The molecule has 7 nitrogen and oxygen atoms in total. The number of amides is 4. The monoisotopic (exact) mass is 463 g/mol. The largest absolute Gasteiger partial charge is 0.459 e. The lowest BCUT2D eigenvalue weighted by Crippen LogP contribution is -2.51. The Hall–Kier alpha value is -3.58.